The lowest BCUT2D eigenvalue weighted by molar-refractivity contribution is 0.0952. The van der Waals surface area contributed by atoms with Crippen molar-refractivity contribution in [1.82, 2.24) is 15.2 Å². The van der Waals surface area contributed by atoms with Crippen molar-refractivity contribution < 1.29 is 14.0 Å². The molecule has 7 heteroatoms. The van der Waals surface area contributed by atoms with Crippen LogP contribution in [0.2, 0.25) is 0 Å². The Hall–Kier alpha value is -2.96. The highest BCUT2D eigenvalue weighted by Gasteiger charge is 2.21. The van der Waals surface area contributed by atoms with Crippen LogP contribution in [0.25, 0.3) is 0 Å². The smallest absolute Gasteiger partial charge is 0.263 e. The lowest BCUT2D eigenvalue weighted by atomic mass is 10.1. The van der Waals surface area contributed by atoms with E-state index in [1.165, 1.54) is 36.7 Å². The van der Waals surface area contributed by atoms with Crippen LogP contribution in [0.3, 0.4) is 0 Å². The SMILES string of the molecule is CNC(=O)c1cc(C(=O)NCCC2CC2)cn(Cc2cccc(C)c2F)c1=O. The number of halogens is 1. The molecule has 0 aliphatic heterocycles. The monoisotopic (exact) mass is 385 g/mol. The summed E-state index contributed by atoms with van der Waals surface area (Å²) >= 11 is 0. The number of aromatic nitrogens is 1. The third-order valence-electron chi connectivity index (χ3n) is 4.97. The molecular weight excluding hydrogens is 361 g/mol. The molecule has 2 amide bonds. The maximum atomic E-state index is 14.4. The molecule has 0 unspecified atom stereocenters. The van der Waals surface area contributed by atoms with Gasteiger partial charge in [-0.05, 0) is 30.9 Å². The number of aryl methyl sites for hydroxylation is 1. The Labute approximate surface area is 162 Å². The molecule has 1 fully saturated rings. The van der Waals surface area contributed by atoms with Crippen LogP contribution < -0.4 is 16.2 Å². The van der Waals surface area contributed by atoms with Gasteiger partial charge in [-0.15, -0.1) is 0 Å². The molecule has 0 atom stereocenters. The highest BCUT2D eigenvalue weighted by atomic mass is 19.1. The van der Waals surface area contributed by atoms with Gasteiger partial charge in [-0.2, -0.15) is 0 Å². The quantitative estimate of drug-likeness (QED) is 0.767. The topological polar surface area (TPSA) is 80.2 Å². The predicted molar refractivity (Wildman–Crippen MR) is 104 cm³/mol. The van der Waals surface area contributed by atoms with Crippen molar-refractivity contribution in [2.24, 2.45) is 5.92 Å². The second-order valence-electron chi connectivity index (χ2n) is 7.19. The van der Waals surface area contributed by atoms with Gasteiger partial charge in [-0.25, -0.2) is 4.39 Å². The summed E-state index contributed by atoms with van der Waals surface area (Å²) < 4.78 is 15.6. The number of nitrogens with one attached hydrogen (secondary N) is 2. The van der Waals surface area contributed by atoms with Crippen LogP contribution in [0.1, 0.15) is 51.1 Å². The van der Waals surface area contributed by atoms with Crippen LogP contribution in [-0.4, -0.2) is 30.0 Å². The number of carbonyl (C=O) groups excluding carboxylic acids is 2. The van der Waals surface area contributed by atoms with E-state index in [0.717, 1.165) is 6.42 Å². The van der Waals surface area contributed by atoms with Gasteiger partial charge in [0.25, 0.3) is 17.4 Å². The summed E-state index contributed by atoms with van der Waals surface area (Å²) in [4.78, 5) is 37.3. The molecule has 0 spiro atoms. The molecule has 1 aliphatic rings. The minimum absolute atomic E-state index is 0.0699. The number of nitrogens with zero attached hydrogens (tertiary/aromatic N) is 1. The van der Waals surface area contributed by atoms with E-state index in [4.69, 9.17) is 0 Å². The van der Waals surface area contributed by atoms with Gasteiger partial charge >= 0.3 is 0 Å². The van der Waals surface area contributed by atoms with Crippen LogP contribution in [0, 0.1) is 18.7 Å². The van der Waals surface area contributed by atoms with Crippen molar-refractivity contribution in [3.8, 4) is 0 Å². The fourth-order valence-electron chi connectivity index (χ4n) is 3.09. The van der Waals surface area contributed by atoms with Crippen molar-refractivity contribution in [1.29, 1.82) is 0 Å². The Kier molecular flexibility index (Phi) is 5.92. The highest BCUT2D eigenvalue weighted by Crippen LogP contribution is 2.31. The van der Waals surface area contributed by atoms with Gasteiger partial charge < -0.3 is 15.2 Å². The second kappa shape index (κ2) is 8.37. The van der Waals surface area contributed by atoms with Crippen molar-refractivity contribution in [2.45, 2.75) is 32.7 Å². The average molecular weight is 385 g/mol. The molecule has 28 heavy (non-hydrogen) atoms. The molecular formula is C21H24FN3O3. The third-order valence-corrected chi connectivity index (χ3v) is 4.97. The first kappa shape index (κ1) is 19.8. The molecule has 2 N–H and O–H groups in total. The van der Waals surface area contributed by atoms with Gasteiger partial charge in [0, 0.05) is 25.4 Å². The average Bonchev–Trinajstić information content (AvgIpc) is 3.50. The summed E-state index contributed by atoms with van der Waals surface area (Å²) in [7, 11) is 1.41. The van der Waals surface area contributed by atoms with Gasteiger partial charge in [0.15, 0.2) is 0 Å². The molecule has 2 aromatic rings. The first-order valence-electron chi connectivity index (χ1n) is 9.39. The summed E-state index contributed by atoms with van der Waals surface area (Å²) in [5, 5.41) is 5.23. The summed E-state index contributed by atoms with van der Waals surface area (Å²) in [6.07, 6.45) is 4.69. The number of hydrogen-bond acceptors (Lipinski definition) is 3. The van der Waals surface area contributed by atoms with Crippen molar-refractivity contribution in [3.63, 3.8) is 0 Å². The number of carbonyl (C=O) groups is 2. The standard InChI is InChI=1S/C21H24FN3O3/c1-13-4-3-5-15(18(13)22)11-25-12-16(10-17(21(25)28)20(27)23-2)19(26)24-9-8-14-6-7-14/h3-5,10,12,14H,6-9,11H2,1-2H3,(H,23,27)(H,24,26). The Morgan fingerprint density at radius 2 is 2.00 bits per heavy atom. The normalized spacial score (nSPS) is 13.2. The summed E-state index contributed by atoms with van der Waals surface area (Å²) in [6, 6.07) is 6.21. The minimum atomic E-state index is -0.587. The Balaban J connectivity index is 1.92. The first-order chi connectivity index (χ1) is 13.4. The molecule has 6 nitrogen and oxygen atoms in total. The van der Waals surface area contributed by atoms with E-state index in [2.05, 4.69) is 10.6 Å². The molecule has 1 heterocycles. The van der Waals surface area contributed by atoms with Crippen molar-refractivity contribution in [2.75, 3.05) is 13.6 Å². The van der Waals surface area contributed by atoms with E-state index in [-0.39, 0.29) is 23.6 Å². The molecule has 148 valence electrons. The number of rotatable bonds is 7. The first-order valence-corrected chi connectivity index (χ1v) is 9.39. The summed E-state index contributed by atoms with van der Waals surface area (Å²) in [5.74, 6) is -0.671. The zero-order valence-electron chi connectivity index (χ0n) is 16.0. The number of benzene rings is 1. The lowest BCUT2D eigenvalue weighted by Crippen LogP contribution is -2.34. The number of amides is 2. The molecule has 1 aromatic heterocycles. The van der Waals surface area contributed by atoms with Gasteiger partial charge in [0.2, 0.25) is 0 Å². The van der Waals surface area contributed by atoms with Crippen LogP contribution in [0.4, 0.5) is 4.39 Å². The fourth-order valence-corrected chi connectivity index (χ4v) is 3.09. The van der Waals surface area contributed by atoms with Gasteiger partial charge in [-0.1, -0.05) is 31.0 Å². The van der Waals surface area contributed by atoms with Gasteiger partial charge in [0.05, 0.1) is 12.1 Å². The van der Waals surface area contributed by atoms with E-state index in [0.29, 0.717) is 23.6 Å². The Morgan fingerprint density at radius 3 is 2.68 bits per heavy atom. The number of pyridine rings is 1. The van der Waals surface area contributed by atoms with Gasteiger partial charge in [0.1, 0.15) is 11.4 Å². The maximum Gasteiger partial charge on any atom is 0.263 e. The molecule has 1 aliphatic carbocycles. The Bertz CT molecular complexity index is 964. The zero-order valence-corrected chi connectivity index (χ0v) is 16.0. The molecule has 0 saturated heterocycles. The molecule has 0 radical (unpaired) electrons. The largest absolute Gasteiger partial charge is 0.355 e. The maximum absolute atomic E-state index is 14.4. The van der Waals surface area contributed by atoms with Crippen LogP contribution >= 0.6 is 0 Å². The van der Waals surface area contributed by atoms with Crippen molar-refractivity contribution >= 4 is 11.8 Å². The van der Waals surface area contributed by atoms with Crippen LogP contribution in [0.5, 0.6) is 0 Å². The van der Waals surface area contributed by atoms with E-state index in [1.807, 2.05) is 0 Å². The third kappa shape index (κ3) is 4.47. The Morgan fingerprint density at radius 1 is 1.25 bits per heavy atom. The summed E-state index contributed by atoms with van der Waals surface area (Å²) in [6.45, 7) is 2.12. The molecule has 1 aromatic carbocycles. The summed E-state index contributed by atoms with van der Waals surface area (Å²) in [5.41, 5.74) is 0.254. The predicted octanol–water partition coefficient (Wildman–Crippen LogP) is 2.23. The van der Waals surface area contributed by atoms with E-state index in [9.17, 15) is 18.8 Å². The zero-order chi connectivity index (χ0) is 20.3. The fraction of sp³-hybridized carbons (Fsp3) is 0.381. The lowest BCUT2D eigenvalue weighted by Gasteiger charge is -2.13. The highest BCUT2D eigenvalue weighted by molar-refractivity contribution is 5.99. The molecule has 3 rings (SSSR count). The molecule has 0 bridgehead atoms. The van der Waals surface area contributed by atoms with Crippen LogP contribution in [-0.2, 0) is 6.54 Å². The minimum Gasteiger partial charge on any atom is -0.355 e. The number of hydrogen-bond donors (Lipinski definition) is 2. The van der Waals surface area contributed by atoms with Crippen molar-refractivity contribution in [3.05, 3.63) is 68.9 Å². The second-order valence-corrected chi connectivity index (χ2v) is 7.19. The van der Waals surface area contributed by atoms with Gasteiger partial charge in [-0.3, -0.25) is 14.4 Å². The van der Waals surface area contributed by atoms with E-state index < -0.39 is 17.3 Å². The van der Waals surface area contributed by atoms with E-state index >= 15 is 0 Å². The van der Waals surface area contributed by atoms with Crippen LogP contribution in [0.15, 0.2) is 35.3 Å². The van der Waals surface area contributed by atoms with E-state index in [1.54, 1.807) is 25.1 Å². The molecule has 1 saturated carbocycles.